The van der Waals surface area contributed by atoms with Crippen LogP contribution in [-0.2, 0) is 4.79 Å². The molecule has 1 N–H and O–H groups in total. The van der Waals surface area contributed by atoms with E-state index in [1.165, 1.54) is 13.0 Å². The molecule has 5 heteroatoms. The normalized spacial score (nSPS) is 17.5. The summed E-state index contributed by atoms with van der Waals surface area (Å²) in [6, 6.07) is 2.59. The molecule has 1 aromatic rings. The van der Waals surface area contributed by atoms with Gasteiger partial charge in [-0.05, 0) is 43.4 Å². The van der Waals surface area contributed by atoms with Gasteiger partial charge in [0.2, 0.25) is 0 Å². The van der Waals surface area contributed by atoms with E-state index in [4.69, 9.17) is 16.7 Å². The highest BCUT2D eigenvalue weighted by Crippen LogP contribution is 2.37. The number of ketones is 1. The fraction of sp³-hybridized carbons (Fsp3) is 0.500. The Kier molecular flexibility index (Phi) is 4.99. The highest BCUT2D eigenvalue weighted by Gasteiger charge is 2.27. The van der Waals surface area contributed by atoms with Gasteiger partial charge in [-0.2, -0.15) is 0 Å². The van der Waals surface area contributed by atoms with Crippen LogP contribution in [0, 0.1) is 5.82 Å². The van der Waals surface area contributed by atoms with Gasteiger partial charge < -0.3 is 5.11 Å². The molecule has 0 bridgehead atoms. The van der Waals surface area contributed by atoms with Crippen LogP contribution in [-0.4, -0.2) is 16.9 Å². The number of carbonyl (C=O) groups is 2. The predicted molar refractivity (Wildman–Crippen MR) is 78.5 cm³/mol. The topological polar surface area (TPSA) is 54.4 Å². The maximum atomic E-state index is 14.5. The van der Waals surface area contributed by atoms with Gasteiger partial charge in [-0.15, -0.1) is 11.6 Å². The van der Waals surface area contributed by atoms with Gasteiger partial charge in [-0.25, -0.2) is 4.39 Å². The first kappa shape index (κ1) is 16.0. The van der Waals surface area contributed by atoms with Crippen LogP contribution >= 0.6 is 11.6 Å². The standard InChI is InChI=1S/C16H18ClFO3/c1-9(19)12-7-11(15(17)16(20)21)8-13(18)14(12)10-5-3-2-4-6-10/h7-8,10,15H,2-6H2,1H3,(H,20,21). The lowest BCUT2D eigenvalue weighted by molar-refractivity contribution is -0.136. The summed E-state index contributed by atoms with van der Waals surface area (Å²) in [5, 5.41) is 7.59. The summed E-state index contributed by atoms with van der Waals surface area (Å²) in [7, 11) is 0. The van der Waals surface area contributed by atoms with Crippen LogP contribution in [0.4, 0.5) is 4.39 Å². The van der Waals surface area contributed by atoms with Crippen molar-refractivity contribution >= 4 is 23.4 Å². The fourth-order valence-corrected chi connectivity index (χ4v) is 3.15. The number of hydrogen-bond donors (Lipinski definition) is 1. The minimum Gasteiger partial charge on any atom is -0.480 e. The molecule has 114 valence electrons. The predicted octanol–water partition coefficient (Wildman–Crippen LogP) is 4.44. The molecule has 1 aliphatic rings. The first-order valence-electron chi connectivity index (χ1n) is 7.13. The second kappa shape index (κ2) is 6.56. The first-order valence-corrected chi connectivity index (χ1v) is 7.56. The molecule has 1 saturated carbocycles. The van der Waals surface area contributed by atoms with Crippen LogP contribution in [0.25, 0.3) is 0 Å². The van der Waals surface area contributed by atoms with E-state index >= 15 is 0 Å². The Hall–Kier alpha value is -1.42. The Morgan fingerprint density at radius 3 is 2.43 bits per heavy atom. The van der Waals surface area contributed by atoms with Crippen LogP contribution in [0.5, 0.6) is 0 Å². The summed E-state index contributed by atoms with van der Waals surface area (Å²) >= 11 is 5.75. The zero-order valence-corrected chi connectivity index (χ0v) is 12.6. The molecule has 0 saturated heterocycles. The van der Waals surface area contributed by atoms with Crippen LogP contribution in [0.2, 0.25) is 0 Å². The van der Waals surface area contributed by atoms with E-state index < -0.39 is 17.2 Å². The lowest BCUT2D eigenvalue weighted by atomic mass is 9.80. The van der Waals surface area contributed by atoms with Gasteiger partial charge in [-0.3, -0.25) is 9.59 Å². The van der Waals surface area contributed by atoms with Crippen molar-refractivity contribution in [3.05, 3.63) is 34.6 Å². The fourth-order valence-electron chi connectivity index (χ4n) is 3.03. The molecule has 1 fully saturated rings. The zero-order chi connectivity index (χ0) is 15.6. The minimum absolute atomic E-state index is 0.0327. The van der Waals surface area contributed by atoms with Crippen LogP contribution in [0.1, 0.15) is 71.8 Å². The van der Waals surface area contributed by atoms with Crippen molar-refractivity contribution in [2.45, 2.75) is 50.3 Å². The molecular formula is C16H18ClFO3. The maximum Gasteiger partial charge on any atom is 0.326 e. The highest BCUT2D eigenvalue weighted by atomic mass is 35.5. The van der Waals surface area contributed by atoms with Gasteiger partial charge in [0.15, 0.2) is 11.2 Å². The van der Waals surface area contributed by atoms with Crippen molar-refractivity contribution in [3.8, 4) is 0 Å². The van der Waals surface area contributed by atoms with Crippen molar-refractivity contribution in [2.75, 3.05) is 0 Å². The minimum atomic E-state index is -1.35. The van der Waals surface area contributed by atoms with Gasteiger partial charge in [0, 0.05) is 11.1 Å². The van der Waals surface area contributed by atoms with Gasteiger partial charge in [0.25, 0.3) is 0 Å². The molecular weight excluding hydrogens is 295 g/mol. The van der Waals surface area contributed by atoms with Crippen molar-refractivity contribution < 1.29 is 19.1 Å². The van der Waals surface area contributed by atoms with Crippen molar-refractivity contribution in [1.29, 1.82) is 0 Å². The van der Waals surface area contributed by atoms with E-state index in [2.05, 4.69) is 0 Å². The number of rotatable bonds is 4. The largest absolute Gasteiger partial charge is 0.480 e. The lowest BCUT2D eigenvalue weighted by Crippen LogP contribution is -2.14. The Morgan fingerprint density at radius 1 is 1.29 bits per heavy atom. The Balaban J connectivity index is 2.49. The third-order valence-corrected chi connectivity index (χ3v) is 4.49. The molecule has 21 heavy (non-hydrogen) atoms. The van der Waals surface area contributed by atoms with E-state index in [1.54, 1.807) is 0 Å². The summed E-state index contributed by atoms with van der Waals surface area (Å²) in [4.78, 5) is 22.8. The third kappa shape index (κ3) is 3.43. The molecule has 0 amide bonds. The molecule has 0 radical (unpaired) electrons. The molecule has 2 rings (SSSR count). The van der Waals surface area contributed by atoms with E-state index in [1.807, 2.05) is 0 Å². The first-order chi connectivity index (χ1) is 9.91. The van der Waals surface area contributed by atoms with E-state index in [0.717, 1.165) is 38.2 Å². The SMILES string of the molecule is CC(=O)c1cc(C(Cl)C(=O)O)cc(F)c1C1CCCCC1. The Morgan fingerprint density at radius 2 is 1.90 bits per heavy atom. The van der Waals surface area contributed by atoms with Crippen LogP contribution < -0.4 is 0 Å². The number of Topliss-reactive ketones (excluding diaryl/α,β-unsaturated/α-hetero) is 1. The average Bonchev–Trinajstić information content (AvgIpc) is 2.46. The van der Waals surface area contributed by atoms with Crippen molar-refractivity contribution in [1.82, 2.24) is 0 Å². The van der Waals surface area contributed by atoms with Gasteiger partial charge in [0.1, 0.15) is 5.82 Å². The molecule has 0 aliphatic heterocycles. The number of carbonyl (C=O) groups excluding carboxylic acids is 1. The molecule has 1 atom stereocenters. The molecule has 1 unspecified atom stereocenters. The third-order valence-electron chi connectivity index (χ3n) is 4.05. The van der Waals surface area contributed by atoms with Gasteiger partial charge in [0.05, 0.1) is 0 Å². The second-order valence-electron chi connectivity index (χ2n) is 5.56. The van der Waals surface area contributed by atoms with E-state index in [-0.39, 0.29) is 22.8 Å². The number of alkyl halides is 1. The number of benzene rings is 1. The lowest BCUT2D eigenvalue weighted by Gasteiger charge is -2.25. The Bertz CT molecular complexity index is 565. The second-order valence-corrected chi connectivity index (χ2v) is 5.99. The zero-order valence-electron chi connectivity index (χ0n) is 11.9. The number of hydrogen-bond acceptors (Lipinski definition) is 2. The molecule has 0 heterocycles. The summed E-state index contributed by atoms with van der Waals surface area (Å²) in [6.45, 7) is 1.37. The summed E-state index contributed by atoms with van der Waals surface area (Å²) in [6.07, 6.45) is 4.90. The van der Waals surface area contributed by atoms with E-state index in [9.17, 15) is 14.0 Å². The molecule has 0 spiro atoms. The van der Waals surface area contributed by atoms with Gasteiger partial charge in [-0.1, -0.05) is 19.3 Å². The van der Waals surface area contributed by atoms with Crippen LogP contribution in [0.3, 0.4) is 0 Å². The average molecular weight is 313 g/mol. The number of carboxylic acid groups (broad SMARTS) is 1. The summed E-state index contributed by atoms with van der Waals surface area (Å²) in [5.74, 6) is -2.00. The van der Waals surface area contributed by atoms with Crippen molar-refractivity contribution in [3.63, 3.8) is 0 Å². The Labute approximate surface area is 128 Å². The summed E-state index contributed by atoms with van der Waals surface area (Å²) < 4.78 is 14.5. The number of carboxylic acids is 1. The number of aliphatic carboxylic acids is 1. The molecule has 1 aromatic carbocycles. The molecule has 3 nitrogen and oxygen atoms in total. The molecule has 1 aliphatic carbocycles. The summed E-state index contributed by atoms with van der Waals surface area (Å²) in [5.41, 5.74) is 0.815. The van der Waals surface area contributed by atoms with Crippen LogP contribution in [0.15, 0.2) is 12.1 Å². The highest BCUT2D eigenvalue weighted by molar-refractivity contribution is 6.29. The van der Waals surface area contributed by atoms with Crippen molar-refractivity contribution in [2.24, 2.45) is 0 Å². The quantitative estimate of drug-likeness (QED) is 0.660. The monoisotopic (exact) mass is 312 g/mol. The number of halogens is 2. The molecule has 0 aromatic heterocycles. The van der Waals surface area contributed by atoms with E-state index in [0.29, 0.717) is 5.56 Å². The maximum absolute atomic E-state index is 14.5. The smallest absolute Gasteiger partial charge is 0.326 e. The van der Waals surface area contributed by atoms with Gasteiger partial charge >= 0.3 is 5.97 Å².